The molecule has 2 rings (SSSR count). The van der Waals surface area contributed by atoms with Gasteiger partial charge in [0.25, 0.3) is 0 Å². The van der Waals surface area contributed by atoms with Gasteiger partial charge in [0.2, 0.25) is 5.91 Å². The first-order chi connectivity index (χ1) is 8.03. The zero-order valence-electron chi connectivity index (χ0n) is 9.79. The van der Waals surface area contributed by atoms with Crippen LogP contribution >= 0.6 is 28.6 Å². The smallest absolute Gasteiger partial charge is 0.224 e. The third-order valence-corrected chi connectivity index (χ3v) is 4.28. The molecule has 1 amide bonds. The molecule has 0 unspecified atom stereocenters. The van der Waals surface area contributed by atoms with E-state index >= 15 is 0 Å². The van der Waals surface area contributed by atoms with Crippen molar-refractivity contribution in [3.63, 3.8) is 0 Å². The Morgan fingerprint density at radius 2 is 2.18 bits per heavy atom. The number of carbonyl (C=O) groups excluding carboxylic acids is 1. The first-order valence-electron chi connectivity index (χ1n) is 5.71. The quantitative estimate of drug-likeness (QED) is 0.813. The fraction of sp³-hybridized carbons (Fsp3) is 0.462. The number of anilines is 1. The van der Waals surface area contributed by atoms with E-state index in [4.69, 9.17) is 0 Å². The van der Waals surface area contributed by atoms with Gasteiger partial charge in [-0.05, 0) is 54.7 Å². The van der Waals surface area contributed by atoms with E-state index in [1.54, 1.807) is 0 Å². The Morgan fingerprint density at radius 1 is 1.47 bits per heavy atom. The molecule has 4 heteroatoms. The summed E-state index contributed by atoms with van der Waals surface area (Å²) in [5.41, 5.74) is 2.16. The van der Waals surface area contributed by atoms with Crippen LogP contribution in [0.1, 0.15) is 24.8 Å². The maximum absolute atomic E-state index is 11.9. The highest BCUT2D eigenvalue weighted by atomic mass is 79.9. The Hall–Kier alpha value is -0.480. The zero-order valence-corrected chi connectivity index (χ0v) is 12.3. The monoisotopic (exact) mass is 313 g/mol. The van der Waals surface area contributed by atoms with Gasteiger partial charge in [-0.2, -0.15) is 12.6 Å². The Balaban J connectivity index is 1.98. The minimum Gasteiger partial charge on any atom is -0.326 e. The van der Waals surface area contributed by atoms with Crippen LogP contribution < -0.4 is 5.32 Å². The van der Waals surface area contributed by atoms with Gasteiger partial charge in [0.1, 0.15) is 0 Å². The second kappa shape index (κ2) is 5.02. The molecule has 1 aromatic rings. The molecule has 0 atom stereocenters. The van der Waals surface area contributed by atoms with Crippen molar-refractivity contribution in [2.45, 2.75) is 26.2 Å². The Bertz CT molecular complexity index is 423. The van der Waals surface area contributed by atoms with E-state index in [0.29, 0.717) is 6.42 Å². The highest BCUT2D eigenvalue weighted by Gasteiger charge is 2.42. The van der Waals surface area contributed by atoms with Gasteiger partial charge in [-0.3, -0.25) is 4.79 Å². The molecule has 0 aliphatic heterocycles. The Morgan fingerprint density at radius 3 is 2.71 bits per heavy atom. The molecule has 1 aliphatic carbocycles. The largest absolute Gasteiger partial charge is 0.326 e. The molecule has 1 fully saturated rings. The normalized spacial score (nSPS) is 16.6. The molecule has 1 aliphatic rings. The van der Waals surface area contributed by atoms with Crippen molar-refractivity contribution in [3.05, 3.63) is 28.2 Å². The molecule has 0 saturated heterocycles. The lowest BCUT2D eigenvalue weighted by Gasteiger charge is -2.12. The molecule has 92 valence electrons. The number of carbonyl (C=O) groups is 1. The summed E-state index contributed by atoms with van der Waals surface area (Å²) < 4.78 is 0.989. The van der Waals surface area contributed by atoms with Crippen LogP contribution in [0.2, 0.25) is 0 Å². The van der Waals surface area contributed by atoms with Crippen LogP contribution in [0.25, 0.3) is 0 Å². The SMILES string of the molecule is Cc1cc(Br)cc(NC(=O)CC2(CS)CC2)c1. The molecule has 2 nitrogen and oxygen atoms in total. The Labute approximate surface area is 116 Å². The lowest BCUT2D eigenvalue weighted by molar-refractivity contribution is -0.117. The van der Waals surface area contributed by atoms with Gasteiger partial charge in [-0.1, -0.05) is 15.9 Å². The number of nitrogens with one attached hydrogen (secondary N) is 1. The van der Waals surface area contributed by atoms with Gasteiger partial charge in [0.05, 0.1) is 0 Å². The molecular weight excluding hydrogens is 298 g/mol. The minimum absolute atomic E-state index is 0.0917. The van der Waals surface area contributed by atoms with Crippen molar-refractivity contribution in [2.24, 2.45) is 5.41 Å². The van der Waals surface area contributed by atoms with Crippen molar-refractivity contribution in [1.29, 1.82) is 0 Å². The van der Waals surface area contributed by atoms with Crippen molar-refractivity contribution in [1.82, 2.24) is 0 Å². The van der Waals surface area contributed by atoms with Crippen LogP contribution in [0.4, 0.5) is 5.69 Å². The highest BCUT2D eigenvalue weighted by Crippen LogP contribution is 2.49. The van der Waals surface area contributed by atoms with E-state index in [9.17, 15) is 4.79 Å². The number of hydrogen-bond donors (Lipinski definition) is 2. The van der Waals surface area contributed by atoms with Gasteiger partial charge in [-0.25, -0.2) is 0 Å². The number of thiol groups is 1. The second-order valence-electron chi connectivity index (χ2n) is 4.90. The van der Waals surface area contributed by atoms with E-state index in [2.05, 4.69) is 33.9 Å². The summed E-state index contributed by atoms with van der Waals surface area (Å²) in [7, 11) is 0. The van der Waals surface area contributed by atoms with Crippen LogP contribution in [-0.4, -0.2) is 11.7 Å². The first-order valence-corrected chi connectivity index (χ1v) is 7.13. The molecule has 0 aromatic heterocycles. The van der Waals surface area contributed by atoms with Gasteiger partial charge < -0.3 is 5.32 Å². The summed E-state index contributed by atoms with van der Waals surface area (Å²) in [6.45, 7) is 2.01. The lowest BCUT2D eigenvalue weighted by atomic mass is 10.1. The van der Waals surface area contributed by atoms with Crippen molar-refractivity contribution < 1.29 is 4.79 Å². The van der Waals surface area contributed by atoms with Crippen LogP contribution in [0.5, 0.6) is 0 Å². The molecule has 0 heterocycles. The van der Waals surface area contributed by atoms with Gasteiger partial charge in [0.15, 0.2) is 0 Å². The molecule has 0 spiro atoms. The van der Waals surface area contributed by atoms with Crippen molar-refractivity contribution in [3.8, 4) is 0 Å². The minimum atomic E-state index is 0.0917. The molecule has 17 heavy (non-hydrogen) atoms. The molecule has 1 aromatic carbocycles. The topological polar surface area (TPSA) is 29.1 Å². The third-order valence-electron chi connectivity index (χ3n) is 3.15. The number of halogens is 1. The van der Waals surface area contributed by atoms with Crippen LogP contribution in [0.15, 0.2) is 22.7 Å². The molecule has 1 saturated carbocycles. The van der Waals surface area contributed by atoms with Crippen LogP contribution in [-0.2, 0) is 4.79 Å². The predicted octanol–water partition coefficient (Wildman–Crippen LogP) is 3.80. The highest BCUT2D eigenvalue weighted by molar-refractivity contribution is 9.10. The van der Waals surface area contributed by atoms with Crippen molar-refractivity contribution >= 4 is 40.2 Å². The van der Waals surface area contributed by atoms with Gasteiger partial charge >= 0.3 is 0 Å². The zero-order chi connectivity index (χ0) is 12.5. The van der Waals surface area contributed by atoms with E-state index < -0.39 is 0 Å². The van der Waals surface area contributed by atoms with E-state index in [1.165, 1.54) is 0 Å². The van der Waals surface area contributed by atoms with Gasteiger partial charge in [-0.15, -0.1) is 0 Å². The van der Waals surface area contributed by atoms with E-state index in [0.717, 1.165) is 34.3 Å². The predicted molar refractivity (Wildman–Crippen MR) is 77.6 cm³/mol. The fourth-order valence-corrected chi connectivity index (χ4v) is 2.96. The molecular formula is C13H16BrNOS. The lowest BCUT2D eigenvalue weighted by Crippen LogP contribution is -2.18. The maximum atomic E-state index is 11.9. The summed E-state index contributed by atoms with van der Waals surface area (Å²) >= 11 is 7.74. The van der Waals surface area contributed by atoms with Crippen molar-refractivity contribution in [2.75, 3.05) is 11.1 Å². The molecule has 0 bridgehead atoms. The summed E-state index contributed by atoms with van der Waals surface area (Å²) in [4.78, 5) is 11.9. The second-order valence-corrected chi connectivity index (χ2v) is 6.13. The number of rotatable bonds is 4. The number of amides is 1. The number of benzene rings is 1. The van der Waals surface area contributed by atoms with Gasteiger partial charge in [0, 0.05) is 16.6 Å². The average Bonchev–Trinajstić information content (AvgIpc) is 2.96. The summed E-state index contributed by atoms with van der Waals surface area (Å²) in [5.74, 6) is 0.895. The number of hydrogen-bond acceptors (Lipinski definition) is 2. The maximum Gasteiger partial charge on any atom is 0.224 e. The van der Waals surface area contributed by atoms with E-state index in [-0.39, 0.29) is 11.3 Å². The first kappa shape index (κ1) is 13.0. The molecule has 1 N–H and O–H groups in total. The third kappa shape index (κ3) is 3.49. The Kier molecular flexibility index (Phi) is 3.83. The molecule has 0 radical (unpaired) electrons. The van der Waals surface area contributed by atoms with Crippen LogP contribution in [0, 0.1) is 12.3 Å². The van der Waals surface area contributed by atoms with Crippen LogP contribution in [0.3, 0.4) is 0 Å². The summed E-state index contributed by atoms with van der Waals surface area (Å²) in [6.07, 6.45) is 2.84. The average molecular weight is 314 g/mol. The summed E-state index contributed by atoms with van der Waals surface area (Å²) in [6, 6.07) is 5.92. The number of aryl methyl sites for hydroxylation is 1. The van der Waals surface area contributed by atoms with E-state index in [1.807, 2.05) is 25.1 Å². The standard InChI is InChI=1S/C13H16BrNOS/c1-9-4-10(14)6-11(5-9)15-12(16)7-13(8-17)2-3-13/h4-6,17H,2-3,7-8H2,1H3,(H,15,16). The summed E-state index contributed by atoms with van der Waals surface area (Å²) in [5, 5.41) is 2.95. The fourth-order valence-electron chi connectivity index (χ4n) is 1.92.